The molecular formula is C16H23N3O4S. The van der Waals surface area contributed by atoms with E-state index in [0.29, 0.717) is 13.0 Å². The van der Waals surface area contributed by atoms with E-state index in [1.54, 1.807) is 6.92 Å². The van der Waals surface area contributed by atoms with Gasteiger partial charge in [0.15, 0.2) is 9.84 Å². The minimum Gasteiger partial charge on any atom is -0.376 e. The molecule has 0 spiro atoms. The van der Waals surface area contributed by atoms with E-state index in [2.05, 4.69) is 10.6 Å². The van der Waals surface area contributed by atoms with Gasteiger partial charge in [-0.3, -0.25) is 9.59 Å². The first-order valence-corrected chi connectivity index (χ1v) is 9.78. The van der Waals surface area contributed by atoms with Crippen molar-refractivity contribution in [2.45, 2.75) is 19.4 Å². The minimum absolute atomic E-state index is 0.0195. The summed E-state index contributed by atoms with van der Waals surface area (Å²) in [6.45, 7) is 2.24. The summed E-state index contributed by atoms with van der Waals surface area (Å²) >= 11 is 0. The number of benzene rings is 1. The van der Waals surface area contributed by atoms with Crippen LogP contribution in [0.4, 0.5) is 5.69 Å². The van der Waals surface area contributed by atoms with E-state index in [1.807, 2.05) is 30.3 Å². The Balaban J connectivity index is 1.80. The number of sulfone groups is 1. The van der Waals surface area contributed by atoms with E-state index < -0.39 is 9.84 Å². The van der Waals surface area contributed by atoms with Crippen molar-refractivity contribution < 1.29 is 18.0 Å². The largest absolute Gasteiger partial charge is 0.376 e. The van der Waals surface area contributed by atoms with Gasteiger partial charge in [-0.15, -0.1) is 0 Å². The average Bonchev–Trinajstić information content (AvgIpc) is 2.89. The van der Waals surface area contributed by atoms with E-state index in [4.69, 9.17) is 0 Å². The zero-order valence-electron chi connectivity index (χ0n) is 13.7. The molecule has 24 heavy (non-hydrogen) atoms. The van der Waals surface area contributed by atoms with Crippen molar-refractivity contribution in [3.8, 4) is 0 Å². The van der Waals surface area contributed by atoms with Crippen LogP contribution < -0.4 is 10.6 Å². The van der Waals surface area contributed by atoms with E-state index >= 15 is 0 Å². The number of likely N-dealkylation sites (N-methyl/N-ethyl adjacent to an activating group) is 1. The number of hydrogen-bond acceptors (Lipinski definition) is 5. The normalized spacial score (nSPS) is 18.8. The standard InChI is InChI=1S/C16H23N3O4S/c1-2-19(16(21)10-17-13-6-4-3-5-7-13)11-15(20)18-14-8-9-24(22,23)12-14/h3-7,14,17H,2,8-12H2,1H3,(H,18,20). The summed E-state index contributed by atoms with van der Waals surface area (Å²) in [7, 11) is -3.04. The second kappa shape index (κ2) is 8.14. The Morgan fingerprint density at radius 3 is 2.54 bits per heavy atom. The van der Waals surface area contributed by atoms with Crippen molar-refractivity contribution in [3.63, 3.8) is 0 Å². The Labute approximate surface area is 142 Å². The molecule has 1 fully saturated rings. The fourth-order valence-electron chi connectivity index (χ4n) is 2.58. The lowest BCUT2D eigenvalue weighted by Crippen LogP contribution is -2.45. The Bertz CT molecular complexity index is 676. The number of para-hydroxylation sites is 1. The number of anilines is 1. The smallest absolute Gasteiger partial charge is 0.242 e. The molecule has 0 radical (unpaired) electrons. The maximum absolute atomic E-state index is 12.2. The lowest BCUT2D eigenvalue weighted by atomic mass is 10.2. The molecule has 2 N–H and O–H groups in total. The van der Waals surface area contributed by atoms with Crippen molar-refractivity contribution in [1.29, 1.82) is 0 Å². The van der Waals surface area contributed by atoms with E-state index in [-0.39, 0.29) is 42.5 Å². The van der Waals surface area contributed by atoms with Crippen molar-refractivity contribution >= 4 is 27.3 Å². The van der Waals surface area contributed by atoms with E-state index in [0.717, 1.165) is 5.69 Å². The van der Waals surface area contributed by atoms with E-state index in [1.165, 1.54) is 4.90 Å². The van der Waals surface area contributed by atoms with Crippen LogP contribution in [0.5, 0.6) is 0 Å². The van der Waals surface area contributed by atoms with Crippen LogP contribution in [0.15, 0.2) is 30.3 Å². The highest BCUT2D eigenvalue weighted by atomic mass is 32.2. The van der Waals surface area contributed by atoms with Gasteiger partial charge in [-0.05, 0) is 25.5 Å². The highest BCUT2D eigenvalue weighted by Gasteiger charge is 2.29. The fraction of sp³-hybridized carbons (Fsp3) is 0.500. The van der Waals surface area contributed by atoms with Crippen LogP contribution in [0, 0.1) is 0 Å². The number of nitrogens with zero attached hydrogens (tertiary/aromatic N) is 1. The summed E-state index contributed by atoms with van der Waals surface area (Å²) in [4.78, 5) is 25.7. The number of hydrogen-bond donors (Lipinski definition) is 2. The molecule has 7 nitrogen and oxygen atoms in total. The minimum atomic E-state index is -3.04. The number of rotatable bonds is 7. The molecule has 2 amide bonds. The van der Waals surface area contributed by atoms with Gasteiger partial charge < -0.3 is 15.5 Å². The van der Waals surface area contributed by atoms with Gasteiger partial charge in [-0.1, -0.05) is 18.2 Å². The third-order valence-electron chi connectivity index (χ3n) is 3.88. The summed E-state index contributed by atoms with van der Waals surface area (Å²) in [5.41, 5.74) is 0.836. The summed E-state index contributed by atoms with van der Waals surface area (Å²) in [6, 6.07) is 8.99. The SMILES string of the molecule is CCN(CC(=O)NC1CCS(=O)(=O)C1)C(=O)CNc1ccccc1. The van der Waals surface area contributed by atoms with Crippen LogP contribution in [-0.4, -0.2) is 62.3 Å². The van der Waals surface area contributed by atoms with Gasteiger partial charge in [0.1, 0.15) is 0 Å². The molecule has 8 heteroatoms. The average molecular weight is 353 g/mol. The predicted molar refractivity (Wildman–Crippen MR) is 92.4 cm³/mol. The Hall–Kier alpha value is -2.09. The molecule has 1 saturated heterocycles. The molecule has 0 saturated carbocycles. The molecule has 1 aliphatic rings. The van der Waals surface area contributed by atoms with Crippen molar-refractivity contribution in [1.82, 2.24) is 10.2 Å². The first-order valence-electron chi connectivity index (χ1n) is 7.96. The van der Waals surface area contributed by atoms with Crippen LogP contribution in [0.25, 0.3) is 0 Å². The van der Waals surface area contributed by atoms with Crippen LogP contribution in [0.3, 0.4) is 0 Å². The van der Waals surface area contributed by atoms with Crippen molar-refractivity contribution in [2.24, 2.45) is 0 Å². The van der Waals surface area contributed by atoms with Gasteiger partial charge in [-0.25, -0.2) is 8.42 Å². The Kier molecular flexibility index (Phi) is 6.19. The molecule has 2 rings (SSSR count). The highest BCUT2D eigenvalue weighted by molar-refractivity contribution is 7.91. The van der Waals surface area contributed by atoms with Crippen LogP contribution >= 0.6 is 0 Å². The quantitative estimate of drug-likeness (QED) is 0.733. The lowest BCUT2D eigenvalue weighted by molar-refractivity contribution is -0.134. The van der Waals surface area contributed by atoms with E-state index in [9.17, 15) is 18.0 Å². The number of amides is 2. The summed E-state index contributed by atoms with van der Waals surface area (Å²) in [6.07, 6.45) is 0.434. The molecule has 1 aromatic rings. The maximum atomic E-state index is 12.2. The predicted octanol–water partition coefficient (Wildman–Crippen LogP) is 0.250. The molecule has 1 unspecified atom stereocenters. The number of carbonyl (C=O) groups excluding carboxylic acids is 2. The van der Waals surface area contributed by atoms with Gasteiger partial charge in [0.05, 0.1) is 24.6 Å². The topological polar surface area (TPSA) is 95.6 Å². The monoisotopic (exact) mass is 353 g/mol. The van der Waals surface area contributed by atoms with Crippen molar-refractivity contribution in [2.75, 3.05) is 36.5 Å². The second-order valence-corrected chi connectivity index (χ2v) is 8.02. The molecule has 1 aliphatic heterocycles. The second-order valence-electron chi connectivity index (χ2n) is 5.79. The van der Waals surface area contributed by atoms with Gasteiger partial charge in [0.2, 0.25) is 11.8 Å². The lowest BCUT2D eigenvalue weighted by Gasteiger charge is -2.22. The van der Waals surface area contributed by atoms with Gasteiger partial charge in [-0.2, -0.15) is 0 Å². The first kappa shape index (κ1) is 18.3. The molecule has 1 aromatic carbocycles. The molecule has 0 aromatic heterocycles. The third kappa shape index (κ3) is 5.52. The third-order valence-corrected chi connectivity index (χ3v) is 5.65. The van der Waals surface area contributed by atoms with Crippen LogP contribution in [0.1, 0.15) is 13.3 Å². The molecule has 132 valence electrons. The van der Waals surface area contributed by atoms with Crippen molar-refractivity contribution in [3.05, 3.63) is 30.3 Å². The van der Waals surface area contributed by atoms with Gasteiger partial charge in [0, 0.05) is 18.3 Å². The van der Waals surface area contributed by atoms with Crippen LogP contribution in [-0.2, 0) is 19.4 Å². The summed E-state index contributed by atoms with van der Waals surface area (Å²) in [5, 5.41) is 5.71. The highest BCUT2D eigenvalue weighted by Crippen LogP contribution is 2.11. The molecule has 0 bridgehead atoms. The zero-order valence-corrected chi connectivity index (χ0v) is 14.5. The maximum Gasteiger partial charge on any atom is 0.242 e. The molecule has 1 atom stereocenters. The molecule has 1 heterocycles. The van der Waals surface area contributed by atoms with Gasteiger partial charge >= 0.3 is 0 Å². The Morgan fingerprint density at radius 1 is 1.25 bits per heavy atom. The summed E-state index contributed by atoms with van der Waals surface area (Å²) in [5.74, 6) is -0.424. The van der Waals surface area contributed by atoms with Crippen LogP contribution in [0.2, 0.25) is 0 Å². The molecular weight excluding hydrogens is 330 g/mol. The van der Waals surface area contributed by atoms with Gasteiger partial charge in [0.25, 0.3) is 0 Å². The number of nitrogens with one attached hydrogen (secondary N) is 2. The summed E-state index contributed by atoms with van der Waals surface area (Å²) < 4.78 is 22.8. The molecule has 0 aliphatic carbocycles. The number of carbonyl (C=O) groups is 2. The Morgan fingerprint density at radius 2 is 1.96 bits per heavy atom. The first-order chi connectivity index (χ1) is 11.4. The zero-order chi connectivity index (χ0) is 17.6. The fourth-order valence-corrected chi connectivity index (χ4v) is 4.25.